The maximum atomic E-state index is 12.2. The number of piperidine rings is 1. The summed E-state index contributed by atoms with van der Waals surface area (Å²) in [7, 11) is 0. The van der Waals surface area contributed by atoms with Crippen LogP contribution in [0.2, 0.25) is 0 Å². The van der Waals surface area contributed by atoms with Gasteiger partial charge < -0.3 is 25.5 Å². The van der Waals surface area contributed by atoms with Crippen molar-refractivity contribution in [2.75, 3.05) is 19.0 Å². The number of phenols is 3. The van der Waals surface area contributed by atoms with Crippen molar-refractivity contribution >= 4 is 23.4 Å². The highest BCUT2D eigenvalue weighted by atomic mass is 35.5. The number of hydrogen-bond donors (Lipinski definition) is 4. The highest BCUT2D eigenvalue weighted by molar-refractivity contribution is 6.17. The lowest BCUT2D eigenvalue weighted by molar-refractivity contribution is -0.132. The molecule has 1 heterocycles. The van der Waals surface area contributed by atoms with E-state index in [4.69, 9.17) is 11.6 Å². The first kappa shape index (κ1) is 18.2. The van der Waals surface area contributed by atoms with Gasteiger partial charge in [-0.05, 0) is 31.4 Å². The minimum absolute atomic E-state index is 0.0587. The van der Waals surface area contributed by atoms with Crippen molar-refractivity contribution in [1.29, 1.82) is 0 Å². The molecular weight excluding hydrogens is 336 g/mol. The third-order valence-electron chi connectivity index (χ3n) is 4.04. The lowest BCUT2D eigenvalue weighted by atomic mass is 10.0. The van der Waals surface area contributed by atoms with Gasteiger partial charge in [0.15, 0.2) is 17.2 Å². The van der Waals surface area contributed by atoms with Crippen molar-refractivity contribution in [3.8, 4) is 17.2 Å². The first-order chi connectivity index (χ1) is 11.4. The van der Waals surface area contributed by atoms with E-state index in [1.807, 2.05) is 0 Å². The predicted octanol–water partition coefficient (Wildman–Crippen LogP) is 1.54. The number of amides is 2. The second-order valence-electron chi connectivity index (χ2n) is 5.78. The number of phenolic OH excluding ortho intramolecular Hbond substituents is 3. The van der Waals surface area contributed by atoms with Gasteiger partial charge in [0.1, 0.15) is 0 Å². The largest absolute Gasteiger partial charge is 0.504 e. The molecule has 4 N–H and O–H groups in total. The van der Waals surface area contributed by atoms with Crippen LogP contribution in [0.3, 0.4) is 0 Å². The molecule has 0 saturated carbocycles. The fourth-order valence-corrected chi connectivity index (χ4v) is 2.79. The summed E-state index contributed by atoms with van der Waals surface area (Å²) in [6, 6.07) is 2.09. The van der Waals surface area contributed by atoms with E-state index in [0.29, 0.717) is 44.7 Å². The molecule has 1 aliphatic heterocycles. The van der Waals surface area contributed by atoms with Crippen LogP contribution in [0.5, 0.6) is 17.2 Å². The Morgan fingerprint density at radius 2 is 1.75 bits per heavy atom. The second kappa shape index (κ2) is 8.10. The van der Waals surface area contributed by atoms with Gasteiger partial charge in [0.25, 0.3) is 5.91 Å². The average molecular weight is 357 g/mol. The molecule has 0 aromatic heterocycles. The lowest BCUT2D eigenvalue weighted by Gasteiger charge is -2.32. The van der Waals surface area contributed by atoms with Gasteiger partial charge in [-0.3, -0.25) is 9.59 Å². The molecule has 0 unspecified atom stereocenters. The monoisotopic (exact) mass is 356 g/mol. The standard InChI is InChI=1S/C16H21ClN2O5/c17-5-1-2-14(22)19-6-3-11(4-7-19)18-16(24)10-8-12(20)15(23)13(21)9-10/h8-9,11,20-21,23H,1-7H2,(H,18,24). The third kappa shape index (κ3) is 4.44. The van der Waals surface area contributed by atoms with E-state index in [2.05, 4.69) is 5.32 Å². The van der Waals surface area contributed by atoms with Crippen LogP contribution in [-0.4, -0.2) is 57.0 Å². The Morgan fingerprint density at radius 1 is 1.17 bits per heavy atom. The molecule has 1 aromatic carbocycles. The molecule has 0 spiro atoms. The number of carbonyl (C=O) groups excluding carboxylic acids is 2. The number of benzene rings is 1. The van der Waals surface area contributed by atoms with E-state index in [0.717, 1.165) is 12.1 Å². The molecule has 0 aliphatic carbocycles. The van der Waals surface area contributed by atoms with Crippen LogP contribution >= 0.6 is 11.6 Å². The Hall–Kier alpha value is -2.15. The summed E-state index contributed by atoms with van der Waals surface area (Å²) in [4.78, 5) is 25.9. The summed E-state index contributed by atoms with van der Waals surface area (Å²) in [5.41, 5.74) is 0.0587. The van der Waals surface area contributed by atoms with Crippen LogP contribution in [-0.2, 0) is 4.79 Å². The summed E-state index contributed by atoms with van der Waals surface area (Å²) in [6.45, 7) is 1.14. The molecule has 1 fully saturated rings. The molecule has 0 radical (unpaired) electrons. The first-order valence-corrected chi connectivity index (χ1v) is 8.35. The zero-order valence-electron chi connectivity index (χ0n) is 13.2. The maximum absolute atomic E-state index is 12.2. The number of nitrogens with zero attached hydrogens (tertiary/aromatic N) is 1. The van der Waals surface area contributed by atoms with E-state index < -0.39 is 23.2 Å². The molecule has 2 rings (SSSR count). The van der Waals surface area contributed by atoms with Crippen molar-refractivity contribution in [1.82, 2.24) is 10.2 Å². The fraction of sp³-hybridized carbons (Fsp3) is 0.500. The van der Waals surface area contributed by atoms with E-state index >= 15 is 0 Å². The van der Waals surface area contributed by atoms with Gasteiger partial charge in [-0.25, -0.2) is 0 Å². The van der Waals surface area contributed by atoms with Gasteiger partial charge in [0, 0.05) is 37.0 Å². The third-order valence-corrected chi connectivity index (χ3v) is 4.31. The summed E-state index contributed by atoms with van der Waals surface area (Å²) in [6.07, 6.45) is 2.36. The van der Waals surface area contributed by atoms with Gasteiger partial charge in [-0.15, -0.1) is 11.6 Å². The van der Waals surface area contributed by atoms with Gasteiger partial charge in [0.05, 0.1) is 0 Å². The predicted molar refractivity (Wildman–Crippen MR) is 88.5 cm³/mol. The average Bonchev–Trinajstić information content (AvgIpc) is 2.57. The van der Waals surface area contributed by atoms with E-state index in [-0.39, 0.29) is 17.5 Å². The Morgan fingerprint density at radius 3 is 2.29 bits per heavy atom. The number of aromatic hydroxyl groups is 3. The zero-order chi connectivity index (χ0) is 17.7. The maximum Gasteiger partial charge on any atom is 0.251 e. The Labute approximate surface area is 144 Å². The molecule has 7 nitrogen and oxygen atoms in total. The number of carbonyl (C=O) groups is 2. The van der Waals surface area contributed by atoms with Crippen LogP contribution in [0.4, 0.5) is 0 Å². The van der Waals surface area contributed by atoms with E-state index in [1.165, 1.54) is 0 Å². The minimum atomic E-state index is -0.657. The number of rotatable bonds is 5. The van der Waals surface area contributed by atoms with Crippen molar-refractivity contribution in [2.24, 2.45) is 0 Å². The van der Waals surface area contributed by atoms with Crippen LogP contribution in [0.15, 0.2) is 12.1 Å². The topological polar surface area (TPSA) is 110 Å². The molecule has 2 amide bonds. The summed E-state index contributed by atoms with van der Waals surface area (Å²) in [5, 5.41) is 31.0. The molecule has 24 heavy (non-hydrogen) atoms. The van der Waals surface area contributed by atoms with Gasteiger partial charge in [0.2, 0.25) is 5.91 Å². The van der Waals surface area contributed by atoms with E-state index in [1.54, 1.807) is 4.90 Å². The number of likely N-dealkylation sites (tertiary alicyclic amines) is 1. The number of hydrogen-bond acceptors (Lipinski definition) is 5. The number of nitrogens with one attached hydrogen (secondary N) is 1. The molecule has 0 atom stereocenters. The number of halogens is 1. The Bertz CT molecular complexity index is 591. The van der Waals surface area contributed by atoms with Crippen molar-refractivity contribution < 1.29 is 24.9 Å². The molecular formula is C16H21ClN2O5. The van der Waals surface area contributed by atoms with Crippen molar-refractivity contribution in [3.63, 3.8) is 0 Å². The molecule has 0 bridgehead atoms. The van der Waals surface area contributed by atoms with Gasteiger partial charge in [-0.1, -0.05) is 0 Å². The lowest BCUT2D eigenvalue weighted by Crippen LogP contribution is -2.46. The summed E-state index contributed by atoms with van der Waals surface area (Å²) in [5.74, 6) is -1.68. The first-order valence-electron chi connectivity index (χ1n) is 7.82. The normalized spacial score (nSPS) is 15.3. The molecule has 1 saturated heterocycles. The highest BCUT2D eigenvalue weighted by Crippen LogP contribution is 2.35. The fourth-order valence-electron chi connectivity index (χ4n) is 2.65. The highest BCUT2D eigenvalue weighted by Gasteiger charge is 2.24. The summed E-state index contributed by atoms with van der Waals surface area (Å²) >= 11 is 5.59. The Balaban J connectivity index is 1.87. The smallest absolute Gasteiger partial charge is 0.251 e. The van der Waals surface area contributed by atoms with Crippen LogP contribution in [0.1, 0.15) is 36.0 Å². The second-order valence-corrected chi connectivity index (χ2v) is 6.16. The van der Waals surface area contributed by atoms with Gasteiger partial charge in [-0.2, -0.15) is 0 Å². The number of alkyl halides is 1. The van der Waals surface area contributed by atoms with Crippen LogP contribution in [0.25, 0.3) is 0 Å². The van der Waals surface area contributed by atoms with Gasteiger partial charge >= 0.3 is 0 Å². The Kier molecular flexibility index (Phi) is 6.14. The quantitative estimate of drug-likeness (QED) is 0.472. The molecule has 8 heteroatoms. The molecule has 132 valence electrons. The molecule has 1 aliphatic rings. The van der Waals surface area contributed by atoms with Crippen molar-refractivity contribution in [3.05, 3.63) is 17.7 Å². The van der Waals surface area contributed by atoms with Crippen LogP contribution < -0.4 is 5.32 Å². The van der Waals surface area contributed by atoms with Crippen LogP contribution in [0, 0.1) is 0 Å². The van der Waals surface area contributed by atoms with E-state index in [9.17, 15) is 24.9 Å². The molecule has 1 aromatic rings. The summed E-state index contributed by atoms with van der Waals surface area (Å²) < 4.78 is 0. The zero-order valence-corrected chi connectivity index (χ0v) is 13.9. The minimum Gasteiger partial charge on any atom is -0.504 e. The SMILES string of the molecule is O=C(NC1CCN(C(=O)CCCCl)CC1)c1cc(O)c(O)c(O)c1. The van der Waals surface area contributed by atoms with Crippen molar-refractivity contribution in [2.45, 2.75) is 31.7 Å².